The minimum absolute atomic E-state index is 0.279. The molecular formula is C3H7N2O2P. The lowest BCUT2D eigenvalue weighted by Crippen LogP contribution is -2.11. The highest BCUT2D eigenvalue weighted by atomic mass is 31.1. The SMILES string of the molecule is O=CNCPNC=O. The summed E-state index contributed by atoms with van der Waals surface area (Å²) in [4.78, 5) is 19.1. The maximum atomic E-state index is 9.55. The normalized spacial score (nSPS) is 9.00. The summed E-state index contributed by atoms with van der Waals surface area (Å²) in [6, 6.07) is 0. The first-order valence-electron chi connectivity index (χ1n) is 2.01. The van der Waals surface area contributed by atoms with Crippen molar-refractivity contribution in [1.82, 2.24) is 10.4 Å². The van der Waals surface area contributed by atoms with Crippen LogP contribution in [0, 0.1) is 0 Å². The van der Waals surface area contributed by atoms with E-state index in [-0.39, 0.29) is 8.73 Å². The van der Waals surface area contributed by atoms with Crippen molar-refractivity contribution < 1.29 is 9.59 Å². The predicted octanol–water partition coefficient (Wildman–Crippen LogP) is -0.971. The van der Waals surface area contributed by atoms with E-state index < -0.39 is 0 Å². The third-order valence-electron chi connectivity index (χ3n) is 0.435. The zero-order valence-electron chi connectivity index (χ0n) is 4.18. The van der Waals surface area contributed by atoms with Crippen LogP contribution in [-0.2, 0) is 9.59 Å². The van der Waals surface area contributed by atoms with Crippen LogP contribution in [0.4, 0.5) is 0 Å². The molecule has 0 heterocycles. The first-order valence-corrected chi connectivity index (χ1v) is 3.21. The zero-order valence-corrected chi connectivity index (χ0v) is 5.18. The molecule has 0 aromatic heterocycles. The second-order valence-corrected chi connectivity index (χ2v) is 1.93. The van der Waals surface area contributed by atoms with Crippen molar-refractivity contribution in [1.29, 1.82) is 0 Å². The standard InChI is InChI=1S/C3H7N2O2P/c6-1-4-3-8-5-2-7/h1-2,8H,3H2,(H,4,6)(H,5,7). The molecule has 5 heteroatoms. The van der Waals surface area contributed by atoms with Crippen LogP contribution in [0.15, 0.2) is 0 Å². The van der Waals surface area contributed by atoms with E-state index in [2.05, 4.69) is 10.4 Å². The molecule has 0 saturated heterocycles. The smallest absolute Gasteiger partial charge is 0.210 e. The van der Waals surface area contributed by atoms with Crippen molar-refractivity contribution in [2.24, 2.45) is 0 Å². The molecule has 0 aromatic rings. The molecule has 0 aliphatic rings. The third-order valence-corrected chi connectivity index (χ3v) is 1.14. The highest BCUT2D eigenvalue weighted by molar-refractivity contribution is 7.36. The zero-order chi connectivity index (χ0) is 6.24. The quantitative estimate of drug-likeness (QED) is 0.288. The maximum Gasteiger partial charge on any atom is 0.210 e. The fourth-order valence-electron chi connectivity index (χ4n) is 0.185. The highest BCUT2D eigenvalue weighted by Gasteiger charge is 1.77. The van der Waals surface area contributed by atoms with Crippen LogP contribution in [0.5, 0.6) is 0 Å². The van der Waals surface area contributed by atoms with Crippen molar-refractivity contribution in [2.45, 2.75) is 0 Å². The highest BCUT2D eigenvalue weighted by Crippen LogP contribution is 1.93. The molecule has 0 rings (SSSR count). The number of nitrogens with one attached hydrogen (secondary N) is 2. The van der Waals surface area contributed by atoms with Crippen LogP contribution in [0.1, 0.15) is 0 Å². The molecule has 0 aliphatic heterocycles. The van der Waals surface area contributed by atoms with Gasteiger partial charge in [-0.2, -0.15) is 0 Å². The Bertz CT molecular complexity index is 67.7. The Morgan fingerprint density at radius 3 is 2.62 bits per heavy atom. The lowest BCUT2D eigenvalue weighted by atomic mass is 11.2. The first-order chi connectivity index (χ1) is 3.91. The van der Waals surface area contributed by atoms with Crippen LogP contribution in [0.3, 0.4) is 0 Å². The van der Waals surface area contributed by atoms with Crippen molar-refractivity contribution in [3.8, 4) is 0 Å². The van der Waals surface area contributed by atoms with E-state index in [9.17, 15) is 9.59 Å². The van der Waals surface area contributed by atoms with E-state index in [1.807, 2.05) is 0 Å². The summed E-state index contributed by atoms with van der Waals surface area (Å²) < 4.78 is 0. The molecule has 46 valence electrons. The Morgan fingerprint density at radius 1 is 1.38 bits per heavy atom. The second-order valence-electron chi connectivity index (χ2n) is 0.938. The summed E-state index contributed by atoms with van der Waals surface area (Å²) >= 11 is 0. The predicted molar refractivity (Wildman–Crippen MR) is 31.6 cm³/mol. The van der Waals surface area contributed by atoms with E-state index in [1.54, 1.807) is 0 Å². The Hall–Kier alpha value is -0.630. The summed E-state index contributed by atoms with van der Waals surface area (Å²) in [6.07, 6.45) is 1.71. The molecule has 2 amide bonds. The van der Waals surface area contributed by atoms with Crippen molar-refractivity contribution in [2.75, 3.05) is 6.29 Å². The molecule has 0 spiro atoms. The molecule has 1 unspecified atom stereocenters. The van der Waals surface area contributed by atoms with Gasteiger partial charge in [0.15, 0.2) is 0 Å². The molecule has 0 radical (unpaired) electrons. The van der Waals surface area contributed by atoms with E-state index in [0.717, 1.165) is 0 Å². The van der Waals surface area contributed by atoms with Gasteiger partial charge in [-0.3, -0.25) is 9.59 Å². The van der Waals surface area contributed by atoms with E-state index in [4.69, 9.17) is 0 Å². The van der Waals surface area contributed by atoms with Gasteiger partial charge in [-0.25, -0.2) is 0 Å². The lowest BCUT2D eigenvalue weighted by Gasteiger charge is -1.93. The third kappa shape index (κ3) is 5.37. The topological polar surface area (TPSA) is 58.2 Å². The molecule has 0 bridgehead atoms. The van der Waals surface area contributed by atoms with E-state index in [0.29, 0.717) is 19.1 Å². The molecule has 0 saturated carbocycles. The molecule has 0 fully saturated rings. The number of hydrogen-bond acceptors (Lipinski definition) is 2. The Balaban J connectivity index is 2.71. The van der Waals surface area contributed by atoms with Crippen molar-refractivity contribution in [3.05, 3.63) is 0 Å². The molecule has 4 nitrogen and oxygen atoms in total. The number of hydrogen-bond donors (Lipinski definition) is 2. The first kappa shape index (κ1) is 7.37. The van der Waals surface area contributed by atoms with E-state index in [1.165, 1.54) is 0 Å². The Kier molecular flexibility index (Phi) is 5.87. The van der Waals surface area contributed by atoms with Crippen LogP contribution < -0.4 is 10.4 Å². The van der Waals surface area contributed by atoms with Gasteiger partial charge in [0.1, 0.15) is 0 Å². The molecule has 0 aliphatic carbocycles. The lowest BCUT2D eigenvalue weighted by molar-refractivity contribution is -0.109. The van der Waals surface area contributed by atoms with Gasteiger partial charge < -0.3 is 10.4 Å². The molecule has 2 N–H and O–H groups in total. The van der Waals surface area contributed by atoms with Gasteiger partial charge in [0.25, 0.3) is 0 Å². The van der Waals surface area contributed by atoms with Gasteiger partial charge >= 0.3 is 0 Å². The fraction of sp³-hybridized carbons (Fsp3) is 0.333. The average molecular weight is 134 g/mol. The van der Waals surface area contributed by atoms with Crippen LogP contribution >= 0.6 is 8.73 Å². The molecule has 0 aromatic carbocycles. The van der Waals surface area contributed by atoms with Gasteiger partial charge in [0.2, 0.25) is 12.8 Å². The molecule has 1 atom stereocenters. The van der Waals surface area contributed by atoms with Gasteiger partial charge in [-0.15, -0.1) is 0 Å². The minimum Gasteiger partial charge on any atom is -0.353 e. The number of carbonyl (C=O) groups excluding carboxylic acids is 2. The maximum absolute atomic E-state index is 9.55. The summed E-state index contributed by atoms with van der Waals surface area (Å²) in [6.45, 7) is 0. The van der Waals surface area contributed by atoms with Gasteiger partial charge in [0.05, 0.1) is 6.29 Å². The number of amides is 2. The molecule has 8 heavy (non-hydrogen) atoms. The number of rotatable bonds is 5. The Morgan fingerprint density at radius 2 is 2.12 bits per heavy atom. The van der Waals surface area contributed by atoms with Gasteiger partial charge in [-0.05, 0) is 8.73 Å². The van der Waals surface area contributed by atoms with E-state index >= 15 is 0 Å². The van der Waals surface area contributed by atoms with Gasteiger partial charge in [-0.1, -0.05) is 0 Å². The fourth-order valence-corrected chi connectivity index (χ4v) is 0.556. The van der Waals surface area contributed by atoms with Crippen LogP contribution in [-0.4, -0.2) is 19.1 Å². The largest absolute Gasteiger partial charge is 0.353 e. The summed E-state index contributed by atoms with van der Waals surface area (Å²) in [7, 11) is 0.279. The second kappa shape index (κ2) is 6.37. The Labute approximate surface area is 48.9 Å². The average Bonchev–Trinajstić information content (AvgIpc) is 1.81. The van der Waals surface area contributed by atoms with Crippen molar-refractivity contribution >= 4 is 21.6 Å². The summed E-state index contributed by atoms with van der Waals surface area (Å²) in [5.74, 6) is 0. The number of carbonyl (C=O) groups is 2. The summed E-state index contributed by atoms with van der Waals surface area (Å²) in [5, 5.41) is 4.80. The minimum atomic E-state index is 0.279. The van der Waals surface area contributed by atoms with Crippen LogP contribution in [0.2, 0.25) is 0 Å². The summed E-state index contributed by atoms with van der Waals surface area (Å²) in [5.41, 5.74) is 0. The molecular weight excluding hydrogens is 127 g/mol. The van der Waals surface area contributed by atoms with Crippen LogP contribution in [0.25, 0.3) is 0 Å². The van der Waals surface area contributed by atoms with Gasteiger partial charge in [0, 0.05) is 0 Å². The monoisotopic (exact) mass is 134 g/mol. The van der Waals surface area contributed by atoms with Crippen molar-refractivity contribution in [3.63, 3.8) is 0 Å².